The maximum Gasteiger partial charge on any atom is 0.490 e. The van der Waals surface area contributed by atoms with E-state index in [-0.39, 0.29) is 5.60 Å². The van der Waals surface area contributed by atoms with E-state index >= 15 is 0 Å². The van der Waals surface area contributed by atoms with Crippen molar-refractivity contribution in [2.75, 3.05) is 45.9 Å². The van der Waals surface area contributed by atoms with Crippen molar-refractivity contribution in [2.24, 2.45) is 0 Å². The summed E-state index contributed by atoms with van der Waals surface area (Å²) in [5, 5.41) is 14.2. The quantitative estimate of drug-likeness (QED) is 0.514. The third-order valence-electron chi connectivity index (χ3n) is 6.09. The predicted molar refractivity (Wildman–Crippen MR) is 125 cm³/mol. The highest BCUT2D eigenvalue weighted by Gasteiger charge is 2.43. The Bertz CT molecular complexity index is 882. The Morgan fingerprint density at radius 1 is 1.03 bits per heavy atom. The Hall–Kier alpha value is -1.94. The molecule has 0 bridgehead atoms. The van der Waals surface area contributed by atoms with Gasteiger partial charge in [0, 0.05) is 35.9 Å². The molecule has 0 aliphatic carbocycles. The van der Waals surface area contributed by atoms with Crippen LogP contribution >= 0.6 is 11.3 Å². The van der Waals surface area contributed by atoms with Crippen LogP contribution in [-0.2, 0) is 25.6 Å². The molecule has 218 valence electrons. The molecule has 0 saturated carbocycles. The molecule has 2 unspecified atom stereocenters. The zero-order valence-electron chi connectivity index (χ0n) is 20.8. The van der Waals surface area contributed by atoms with Gasteiger partial charge in [-0.05, 0) is 57.8 Å². The summed E-state index contributed by atoms with van der Waals surface area (Å²) in [7, 11) is 0. The number of carboxylic acids is 2. The second-order valence-electron chi connectivity index (χ2n) is 9.35. The fraction of sp³-hybridized carbons (Fsp3) is 0.739. The van der Waals surface area contributed by atoms with Crippen molar-refractivity contribution in [2.45, 2.75) is 63.2 Å². The van der Waals surface area contributed by atoms with E-state index < -0.39 is 24.3 Å². The fourth-order valence-electron chi connectivity index (χ4n) is 4.41. The molecule has 0 radical (unpaired) electrons. The third kappa shape index (κ3) is 11.0. The molecule has 3 aliphatic rings. The smallest absolute Gasteiger partial charge is 0.475 e. The molecule has 1 aromatic rings. The predicted octanol–water partition coefficient (Wildman–Crippen LogP) is 4.17. The number of aliphatic carboxylic acids is 2. The van der Waals surface area contributed by atoms with Gasteiger partial charge in [0.15, 0.2) is 0 Å². The maximum absolute atomic E-state index is 10.6. The second-order valence-corrected chi connectivity index (χ2v) is 10.7. The second kappa shape index (κ2) is 13.9. The van der Waals surface area contributed by atoms with Crippen LogP contribution in [0.15, 0.2) is 12.1 Å². The first-order chi connectivity index (χ1) is 17.6. The first kappa shape index (κ1) is 32.3. The van der Waals surface area contributed by atoms with E-state index in [2.05, 4.69) is 28.9 Å². The van der Waals surface area contributed by atoms with Gasteiger partial charge in [-0.1, -0.05) is 0 Å². The minimum atomic E-state index is -5.08. The van der Waals surface area contributed by atoms with Gasteiger partial charge in [0.2, 0.25) is 0 Å². The number of carbonyl (C=O) groups is 2. The lowest BCUT2D eigenvalue weighted by atomic mass is 10.00. The molecule has 0 aromatic carbocycles. The third-order valence-corrected chi connectivity index (χ3v) is 7.07. The molecule has 0 amide bonds. The van der Waals surface area contributed by atoms with Crippen LogP contribution in [0.5, 0.6) is 0 Å². The van der Waals surface area contributed by atoms with Gasteiger partial charge in [0.25, 0.3) is 0 Å². The number of carboxylic acid groups (broad SMARTS) is 2. The normalized spacial score (nSPS) is 24.8. The van der Waals surface area contributed by atoms with Crippen LogP contribution < -0.4 is 0 Å². The van der Waals surface area contributed by atoms with Gasteiger partial charge >= 0.3 is 24.3 Å². The van der Waals surface area contributed by atoms with Gasteiger partial charge in [0.05, 0.1) is 19.3 Å². The van der Waals surface area contributed by atoms with Crippen LogP contribution in [-0.4, -0.2) is 102 Å². The largest absolute Gasteiger partial charge is 0.490 e. The van der Waals surface area contributed by atoms with Crippen LogP contribution in [0.2, 0.25) is 0 Å². The number of likely N-dealkylation sites (tertiary alicyclic amines) is 1. The molecule has 3 fully saturated rings. The number of hydrogen-bond donors (Lipinski definition) is 2. The van der Waals surface area contributed by atoms with Crippen LogP contribution in [0, 0.1) is 6.92 Å². The number of alkyl halides is 6. The maximum atomic E-state index is 10.6. The van der Waals surface area contributed by atoms with Crippen LogP contribution in [0.1, 0.15) is 35.4 Å². The molecule has 15 heteroatoms. The highest BCUT2D eigenvalue weighted by atomic mass is 32.1. The molecule has 2 N–H and O–H groups in total. The highest BCUT2D eigenvalue weighted by molar-refractivity contribution is 7.11. The van der Waals surface area contributed by atoms with E-state index in [1.165, 1.54) is 42.1 Å². The van der Waals surface area contributed by atoms with E-state index in [1.807, 2.05) is 11.3 Å². The molecule has 1 aromatic heterocycles. The van der Waals surface area contributed by atoms with E-state index in [9.17, 15) is 26.3 Å². The zero-order chi connectivity index (χ0) is 28.6. The van der Waals surface area contributed by atoms with Gasteiger partial charge in [-0.15, -0.1) is 11.3 Å². The zero-order valence-corrected chi connectivity index (χ0v) is 21.6. The molecule has 3 saturated heterocycles. The summed E-state index contributed by atoms with van der Waals surface area (Å²) >= 11 is 1.91. The Morgan fingerprint density at radius 3 is 2.11 bits per heavy atom. The lowest BCUT2D eigenvalue weighted by Crippen LogP contribution is -2.45. The first-order valence-corrected chi connectivity index (χ1v) is 12.8. The summed E-state index contributed by atoms with van der Waals surface area (Å²) in [5.74, 6) is -5.51. The van der Waals surface area contributed by atoms with E-state index in [1.54, 1.807) is 0 Å². The summed E-state index contributed by atoms with van der Waals surface area (Å²) in [4.78, 5) is 25.8. The SMILES string of the molecule is Cc1ccc(CN2CCOCC3(CCC(CN4CCCC4)O3)C2)s1.O=C(O)C(F)(F)F.O=C(O)C(F)(F)F. The molecule has 38 heavy (non-hydrogen) atoms. The average molecular weight is 579 g/mol. The van der Waals surface area contributed by atoms with Crippen molar-refractivity contribution in [3.8, 4) is 0 Å². The molecule has 1 spiro atoms. The first-order valence-electron chi connectivity index (χ1n) is 12.0. The van der Waals surface area contributed by atoms with E-state index in [0.717, 1.165) is 45.8 Å². The highest BCUT2D eigenvalue weighted by Crippen LogP contribution is 2.34. The van der Waals surface area contributed by atoms with Gasteiger partial charge in [-0.3, -0.25) is 4.90 Å². The Morgan fingerprint density at radius 2 is 1.61 bits per heavy atom. The number of ether oxygens (including phenoxy) is 2. The molecule has 3 aliphatic heterocycles. The van der Waals surface area contributed by atoms with Crippen molar-refractivity contribution < 1.29 is 55.6 Å². The number of hydrogen-bond acceptors (Lipinski definition) is 7. The standard InChI is InChI=1S/C19H30N2O2S.2C2HF3O2/c1-16-4-5-18(24-16)13-21-10-11-22-15-19(14-21)7-6-17(23-19)12-20-8-2-3-9-20;2*3-2(4,5)1(6)7/h4-5,17H,2-3,6-15H2,1H3;2*(H,6,7). The number of rotatable bonds is 4. The monoisotopic (exact) mass is 578 g/mol. The molecule has 4 rings (SSSR count). The number of thiophene rings is 1. The molecular weight excluding hydrogens is 546 g/mol. The van der Waals surface area contributed by atoms with Gasteiger partial charge in [-0.25, -0.2) is 9.59 Å². The van der Waals surface area contributed by atoms with Crippen molar-refractivity contribution in [1.29, 1.82) is 0 Å². The molecule has 2 atom stereocenters. The molecular formula is C23H32F6N2O6S. The van der Waals surface area contributed by atoms with Crippen molar-refractivity contribution in [3.05, 3.63) is 21.9 Å². The van der Waals surface area contributed by atoms with E-state index in [0.29, 0.717) is 6.10 Å². The summed E-state index contributed by atoms with van der Waals surface area (Å²) in [5.41, 5.74) is -0.0762. The lowest BCUT2D eigenvalue weighted by molar-refractivity contribution is -0.193. The van der Waals surface area contributed by atoms with Gasteiger partial charge < -0.3 is 24.6 Å². The van der Waals surface area contributed by atoms with Crippen LogP contribution in [0.3, 0.4) is 0 Å². The minimum Gasteiger partial charge on any atom is -0.475 e. The van der Waals surface area contributed by atoms with Crippen molar-refractivity contribution >= 4 is 23.3 Å². The lowest BCUT2D eigenvalue weighted by Gasteiger charge is -2.32. The summed E-state index contributed by atoms with van der Waals surface area (Å²) in [6.07, 6.45) is -4.73. The summed E-state index contributed by atoms with van der Waals surface area (Å²) < 4.78 is 76.0. The Labute approximate surface area is 220 Å². The average Bonchev–Trinajstić information content (AvgIpc) is 3.51. The van der Waals surface area contributed by atoms with Crippen molar-refractivity contribution in [1.82, 2.24) is 9.80 Å². The topological polar surface area (TPSA) is 99.5 Å². The number of nitrogens with zero attached hydrogens (tertiary/aromatic N) is 2. The van der Waals surface area contributed by atoms with E-state index in [4.69, 9.17) is 29.3 Å². The van der Waals surface area contributed by atoms with Gasteiger partial charge in [-0.2, -0.15) is 26.3 Å². The van der Waals surface area contributed by atoms with Crippen LogP contribution in [0.4, 0.5) is 26.3 Å². The van der Waals surface area contributed by atoms with Crippen molar-refractivity contribution in [3.63, 3.8) is 0 Å². The number of halogens is 6. The van der Waals surface area contributed by atoms with Gasteiger partial charge in [0.1, 0.15) is 5.60 Å². The Balaban J connectivity index is 0.000000301. The Kier molecular flexibility index (Phi) is 11.8. The minimum absolute atomic E-state index is 0.0762. The van der Waals surface area contributed by atoms with Crippen LogP contribution in [0.25, 0.3) is 0 Å². The summed E-state index contributed by atoms with van der Waals surface area (Å²) in [6, 6.07) is 4.49. The molecule has 8 nitrogen and oxygen atoms in total. The number of aryl methyl sites for hydroxylation is 1. The molecule has 4 heterocycles. The summed E-state index contributed by atoms with van der Waals surface area (Å²) in [6.45, 7) is 10.5. The fourth-order valence-corrected chi connectivity index (χ4v) is 5.34.